The molecule has 1 N–H and O–H groups in total. The van der Waals surface area contributed by atoms with Gasteiger partial charge in [0.15, 0.2) is 0 Å². The van der Waals surface area contributed by atoms with Crippen LogP contribution in [-0.4, -0.2) is 61.4 Å². The van der Waals surface area contributed by atoms with Crippen LogP contribution >= 0.6 is 0 Å². The van der Waals surface area contributed by atoms with E-state index in [1.54, 1.807) is 7.11 Å². The number of fused-ring (bicyclic) bond motifs is 1. The van der Waals surface area contributed by atoms with Crippen molar-refractivity contribution in [3.8, 4) is 5.75 Å². The van der Waals surface area contributed by atoms with Crippen molar-refractivity contribution in [1.82, 2.24) is 9.88 Å². The van der Waals surface area contributed by atoms with Crippen molar-refractivity contribution < 1.29 is 9.84 Å². The van der Waals surface area contributed by atoms with Crippen molar-refractivity contribution in [3.63, 3.8) is 0 Å². The maximum atomic E-state index is 9.02. The van der Waals surface area contributed by atoms with Crippen LogP contribution in [0.1, 0.15) is 0 Å². The first kappa shape index (κ1) is 14.1. The predicted octanol–water partition coefficient (Wildman–Crippen LogP) is 1.36. The SMILES string of the molecule is COc1ccc2ccnc(N3CCN(CCO)CC3)c2c1. The quantitative estimate of drug-likeness (QED) is 0.920. The Kier molecular flexibility index (Phi) is 4.22. The molecule has 2 heterocycles. The van der Waals surface area contributed by atoms with Crippen molar-refractivity contribution in [2.45, 2.75) is 0 Å². The van der Waals surface area contributed by atoms with Gasteiger partial charge in [0.1, 0.15) is 11.6 Å². The third-order valence-corrected chi connectivity index (χ3v) is 4.04. The largest absolute Gasteiger partial charge is 0.497 e. The first-order valence-corrected chi connectivity index (χ1v) is 7.33. The molecule has 0 spiro atoms. The van der Waals surface area contributed by atoms with Gasteiger partial charge in [-0.25, -0.2) is 4.98 Å². The van der Waals surface area contributed by atoms with Crippen LogP contribution in [0.5, 0.6) is 5.75 Å². The van der Waals surface area contributed by atoms with Crippen LogP contribution in [0, 0.1) is 0 Å². The lowest BCUT2D eigenvalue weighted by Crippen LogP contribution is -2.47. The summed E-state index contributed by atoms with van der Waals surface area (Å²) in [7, 11) is 1.69. The van der Waals surface area contributed by atoms with Crippen LogP contribution in [0.15, 0.2) is 30.5 Å². The number of piperazine rings is 1. The van der Waals surface area contributed by atoms with E-state index in [4.69, 9.17) is 9.84 Å². The summed E-state index contributed by atoms with van der Waals surface area (Å²) in [6.45, 7) is 4.77. The number of anilines is 1. The molecule has 0 aliphatic carbocycles. The molecule has 1 aliphatic rings. The number of β-amino-alcohol motifs (C(OH)–C–C–N with tert-alkyl or cyclic N) is 1. The summed E-state index contributed by atoms with van der Waals surface area (Å²) < 4.78 is 5.33. The minimum atomic E-state index is 0.226. The molecule has 0 bridgehead atoms. The van der Waals surface area contributed by atoms with Crippen molar-refractivity contribution >= 4 is 16.6 Å². The molecule has 1 aromatic heterocycles. The molecular weight excluding hydrogens is 266 g/mol. The fourth-order valence-corrected chi connectivity index (χ4v) is 2.84. The van der Waals surface area contributed by atoms with Crippen molar-refractivity contribution in [1.29, 1.82) is 0 Å². The first-order valence-electron chi connectivity index (χ1n) is 7.33. The van der Waals surface area contributed by atoms with Crippen molar-refractivity contribution in [3.05, 3.63) is 30.5 Å². The fraction of sp³-hybridized carbons (Fsp3) is 0.438. The lowest BCUT2D eigenvalue weighted by molar-refractivity contribution is 0.188. The molecule has 1 aliphatic heterocycles. The number of aliphatic hydroxyl groups excluding tert-OH is 1. The highest BCUT2D eigenvalue weighted by Gasteiger charge is 2.19. The first-order chi connectivity index (χ1) is 10.3. The normalized spacial score (nSPS) is 16.4. The number of methoxy groups -OCH3 is 1. The fourth-order valence-electron chi connectivity index (χ4n) is 2.84. The number of aliphatic hydroxyl groups is 1. The van der Waals surface area contributed by atoms with E-state index in [0.29, 0.717) is 0 Å². The molecule has 5 heteroatoms. The van der Waals surface area contributed by atoms with E-state index in [0.717, 1.165) is 49.7 Å². The van der Waals surface area contributed by atoms with Gasteiger partial charge in [-0.3, -0.25) is 4.90 Å². The number of benzene rings is 1. The number of pyridine rings is 1. The highest BCUT2D eigenvalue weighted by molar-refractivity contribution is 5.93. The van der Waals surface area contributed by atoms with Crippen LogP contribution in [0.2, 0.25) is 0 Å². The van der Waals surface area contributed by atoms with E-state index >= 15 is 0 Å². The zero-order valence-corrected chi connectivity index (χ0v) is 12.3. The Bertz CT molecular complexity index is 609. The Morgan fingerprint density at radius 2 is 2.00 bits per heavy atom. The maximum Gasteiger partial charge on any atom is 0.136 e. The van der Waals surface area contributed by atoms with Gasteiger partial charge >= 0.3 is 0 Å². The molecule has 2 aromatic rings. The number of hydrogen-bond acceptors (Lipinski definition) is 5. The van der Waals surface area contributed by atoms with Crippen molar-refractivity contribution in [2.75, 3.05) is 51.3 Å². The topological polar surface area (TPSA) is 48.8 Å². The smallest absolute Gasteiger partial charge is 0.136 e. The van der Waals surface area contributed by atoms with Crippen LogP contribution in [0.25, 0.3) is 10.8 Å². The third-order valence-electron chi connectivity index (χ3n) is 4.04. The van der Waals surface area contributed by atoms with Crippen LogP contribution < -0.4 is 9.64 Å². The molecule has 0 radical (unpaired) electrons. The Morgan fingerprint density at radius 1 is 1.19 bits per heavy atom. The molecule has 1 aromatic carbocycles. The number of aromatic nitrogens is 1. The summed E-state index contributed by atoms with van der Waals surface area (Å²) in [6.07, 6.45) is 1.87. The van der Waals surface area contributed by atoms with Gasteiger partial charge in [0.2, 0.25) is 0 Å². The second kappa shape index (κ2) is 6.28. The van der Waals surface area contributed by atoms with E-state index in [1.165, 1.54) is 5.39 Å². The summed E-state index contributed by atoms with van der Waals surface area (Å²) in [4.78, 5) is 9.17. The lowest BCUT2D eigenvalue weighted by Gasteiger charge is -2.35. The lowest BCUT2D eigenvalue weighted by atomic mass is 10.1. The Morgan fingerprint density at radius 3 is 2.71 bits per heavy atom. The van der Waals surface area contributed by atoms with E-state index in [1.807, 2.05) is 18.3 Å². The van der Waals surface area contributed by atoms with Gasteiger partial charge in [-0.1, -0.05) is 6.07 Å². The second-order valence-corrected chi connectivity index (χ2v) is 5.27. The van der Waals surface area contributed by atoms with Crippen LogP contribution in [-0.2, 0) is 0 Å². The molecular formula is C16H21N3O2. The highest BCUT2D eigenvalue weighted by Crippen LogP contribution is 2.28. The summed E-state index contributed by atoms with van der Waals surface area (Å²) >= 11 is 0. The Balaban J connectivity index is 1.87. The van der Waals surface area contributed by atoms with Crippen molar-refractivity contribution in [2.24, 2.45) is 0 Å². The molecule has 5 nitrogen and oxygen atoms in total. The van der Waals surface area contributed by atoms with E-state index < -0.39 is 0 Å². The Labute approximate surface area is 124 Å². The molecule has 0 atom stereocenters. The van der Waals surface area contributed by atoms with E-state index in [9.17, 15) is 0 Å². The number of hydrogen-bond donors (Lipinski definition) is 1. The number of rotatable bonds is 4. The number of ether oxygens (including phenoxy) is 1. The standard InChI is InChI=1S/C16H21N3O2/c1-21-14-3-2-13-4-5-17-16(15(13)12-14)19-8-6-18(7-9-19)10-11-20/h2-5,12,20H,6-11H2,1H3. The van der Waals surface area contributed by atoms with Crippen LogP contribution in [0.4, 0.5) is 5.82 Å². The minimum Gasteiger partial charge on any atom is -0.497 e. The van der Waals surface area contributed by atoms with Gasteiger partial charge in [0.25, 0.3) is 0 Å². The molecule has 0 unspecified atom stereocenters. The maximum absolute atomic E-state index is 9.02. The number of nitrogens with zero attached hydrogens (tertiary/aromatic N) is 3. The molecule has 3 rings (SSSR count). The highest BCUT2D eigenvalue weighted by atomic mass is 16.5. The molecule has 1 fully saturated rings. The molecule has 112 valence electrons. The molecule has 0 amide bonds. The molecule has 1 saturated heterocycles. The van der Waals surface area contributed by atoms with Gasteiger partial charge in [-0.05, 0) is 23.6 Å². The third kappa shape index (κ3) is 2.94. The second-order valence-electron chi connectivity index (χ2n) is 5.27. The minimum absolute atomic E-state index is 0.226. The zero-order chi connectivity index (χ0) is 14.7. The zero-order valence-electron chi connectivity index (χ0n) is 12.3. The van der Waals surface area contributed by atoms with Gasteiger partial charge in [0, 0.05) is 44.3 Å². The monoisotopic (exact) mass is 287 g/mol. The molecule has 21 heavy (non-hydrogen) atoms. The summed E-state index contributed by atoms with van der Waals surface area (Å²) in [5.74, 6) is 1.88. The average molecular weight is 287 g/mol. The van der Waals surface area contributed by atoms with Gasteiger partial charge in [-0.2, -0.15) is 0 Å². The van der Waals surface area contributed by atoms with Gasteiger partial charge < -0.3 is 14.7 Å². The van der Waals surface area contributed by atoms with Crippen LogP contribution in [0.3, 0.4) is 0 Å². The van der Waals surface area contributed by atoms with Gasteiger partial charge in [-0.15, -0.1) is 0 Å². The van der Waals surface area contributed by atoms with E-state index in [2.05, 4.69) is 26.9 Å². The van der Waals surface area contributed by atoms with E-state index in [-0.39, 0.29) is 6.61 Å². The average Bonchev–Trinajstić information content (AvgIpc) is 2.55. The summed E-state index contributed by atoms with van der Waals surface area (Å²) in [6, 6.07) is 8.13. The van der Waals surface area contributed by atoms with Gasteiger partial charge in [0.05, 0.1) is 13.7 Å². The summed E-state index contributed by atoms with van der Waals surface area (Å²) in [5.41, 5.74) is 0. The molecule has 0 saturated carbocycles. The predicted molar refractivity (Wildman–Crippen MR) is 84.0 cm³/mol. The Hall–Kier alpha value is -1.85. The summed E-state index contributed by atoms with van der Waals surface area (Å²) in [5, 5.41) is 11.3.